The first-order valence-electron chi connectivity index (χ1n) is 5.72. The molecule has 0 saturated carbocycles. The highest BCUT2D eigenvalue weighted by Crippen LogP contribution is 2.27. The lowest BCUT2D eigenvalue weighted by atomic mass is 10.1. The summed E-state index contributed by atoms with van der Waals surface area (Å²) in [5.74, 6) is 0.246. The summed E-state index contributed by atoms with van der Waals surface area (Å²) < 4.78 is 1.93. The van der Waals surface area contributed by atoms with Crippen LogP contribution in [0.4, 0.5) is 0 Å². The third-order valence-electron chi connectivity index (χ3n) is 2.82. The number of aromatic nitrogens is 2. The minimum Gasteiger partial charge on any atom is -0.507 e. The summed E-state index contributed by atoms with van der Waals surface area (Å²) in [4.78, 5) is 4.33. The molecule has 3 aromatic rings. The molecule has 1 N–H and O–H groups in total. The largest absolute Gasteiger partial charge is 0.507 e. The Morgan fingerprint density at radius 1 is 0.889 bits per heavy atom. The number of hydrogen-bond acceptors (Lipinski definition) is 2. The average Bonchev–Trinajstić information content (AvgIpc) is 2.90. The molecular formula is C15H12N2O. The molecule has 0 radical (unpaired) electrons. The Bertz CT molecular complexity index is 659. The van der Waals surface area contributed by atoms with Gasteiger partial charge in [0.15, 0.2) is 0 Å². The van der Waals surface area contributed by atoms with Crippen LogP contribution in [0.5, 0.6) is 5.75 Å². The van der Waals surface area contributed by atoms with Crippen LogP contribution in [0.1, 0.15) is 0 Å². The molecule has 0 amide bonds. The lowest BCUT2D eigenvalue weighted by Gasteiger charge is -2.01. The van der Waals surface area contributed by atoms with Gasteiger partial charge in [-0.05, 0) is 24.3 Å². The SMILES string of the molecule is Oc1ccccc1-c1cn(-c2ccccc2)cn1. The predicted octanol–water partition coefficient (Wildman–Crippen LogP) is 3.24. The van der Waals surface area contributed by atoms with Gasteiger partial charge >= 0.3 is 0 Å². The van der Waals surface area contributed by atoms with Crippen molar-refractivity contribution < 1.29 is 5.11 Å². The third kappa shape index (κ3) is 1.86. The van der Waals surface area contributed by atoms with Crippen LogP contribution >= 0.6 is 0 Å². The van der Waals surface area contributed by atoms with Gasteiger partial charge in [-0.2, -0.15) is 0 Å². The van der Waals surface area contributed by atoms with E-state index in [-0.39, 0.29) is 5.75 Å². The highest BCUT2D eigenvalue weighted by atomic mass is 16.3. The van der Waals surface area contributed by atoms with Crippen LogP contribution in [0.3, 0.4) is 0 Å². The van der Waals surface area contributed by atoms with Crippen LogP contribution in [0.2, 0.25) is 0 Å². The van der Waals surface area contributed by atoms with Crippen molar-refractivity contribution in [1.29, 1.82) is 0 Å². The fraction of sp³-hybridized carbons (Fsp3) is 0. The van der Waals surface area contributed by atoms with Crippen LogP contribution in [0, 0.1) is 0 Å². The third-order valence-corrected chi connectivity index (χ3v) is 2.82. The Balaban J connectivity index is 2.03. The quantitative estimate of drug-likeness (QED) is 0.741. The van der Waals surface area contributed by atoms with Gasteiger partial charge in [0, 0.05) is 17.4 Å². The van der Waals surface area contributed by atoms with Crippen molar-refractivity contribution in [2.75, 3.05) is 0 Å². The van der Waals surface area contributed by atoms with E-state index in [0.717, 1.165) is 16.9 Å². The molecule has 0 bridgehead atoms. The van der Waals surface area contributed by atoms with E-state index in [1.807, 2.05) is 53.2 Å². The molecule has 0 fully saturated rings. The lowest BCUT2D eigenvalue weighted by molar-refractivity contribution is 0.477. The summed E-state index contributed by atoms with van der Waals surface area (Å²) in [5.41, 5.74) is 2.55. The molecule has 0 spiro atoms. The molecule has 3 nitrogen and oxygen atoms in total. The molecule has 1 heterocycles. The van der Waals surface area contributed by atoms with Gasteiger partial charge in [-0.3, -0.25) is 0 Å². The molecule has 0 aliphatic rings. The molecule has 0 aliphatic carbocycles. The van der Waals surface area contributed by atoms with Gasteiger partial charge in [0.25, 0.3) is 0 Å². The maximum absolute atomic E-state index is 9.79. The number of imidazole rings is 1. The molecule has 2 aromatic carbocycles. The van der Waals surface area contributed by atoms with Crippen molar-refractivity contribution in [3.8, 4) is 22.7 Å². The minimum absolute atomic E-state index is 0.246. The molecule has 3 heteroatoms. The maximum atomic E-state index is 9.79. The predicted molar refractivity (Wildman–Crippen MR) is 70.7 cm³/mol. The van der Waals surface area contributed by atoms with E-state index in [9.17, 15) is 5.11 Å². The fourth-order valence-electron chi connectivity index (χ4n) is 1.89. The first kappa shape index (κ1) is 10.6. The molecule has 0 atom stereocenters. The number of phenols is 1. The summed E-state index contributed by atoms with van der Waals surface area (Å²) in [5, 5.41) is 9.79. The van der Waals surface area contributed by atoms with Crippen molar-refractivity contribution in [3.05, 3.63) is 67.1 Å². The first-order valence-corrected chi connectivity index (χ1v) is 5.72. The van der Waals surface area contributed by atoms with Gasteiger partial charge in [0.2, 0.25) is 0 Å². The van der Waals surface area contributed by atoms with Gasteiger partial charge in [0.05, 0.1) is 12.0 Å². The zero-order chi connectivity index (χ0) is 12.4. The van der Waals surface area contributed by atoms with Crippen LogP contribution in [-0.2, 0) is 0 Å². The number of nitrogens with zero attached hydrogens (tertiary/aromatic N) is 2. The summed E-state index contributed by atoms with van der Waals surface area (Å²) >= 11 is 0. The first-order chi connectivity index (χ1) is 8.84. The number of phenolic OH excluding ortho intramolecular Hbond substituents is 1. The van der Waals surface area contributed by atoms with E-state index < -0.39 is 0 Å². The molecular weight excluding hydrogens is 224 g/mol. The number of para-hydroxylation sites is 2. The Labute approximate surface area is 105 Å². The Hall–Kier alpha value is -2.55. The van der Waals surface area contributed by atoms with E-state index in [2.05, 4.69) is 4.98 Å². The topological polar surface area (TPSA) is 38.0 Å². The summed E-state index contributed by atoms with van der Waals surface area (Å²) in [6.07, 6.45) is 3.65. The second-order valence-electron chi connectivity index (χ2n) is 4.02. The Morgan fingerprint density at radius 2 is 1.61 bits per heavy atom. The number of hydrogen-bond donors (Lipinski definition) is 1. The van der Waals surface area contributed by atoms with Crippen LogP contribution in [-0.4, -0.2) is 14.7 Å². The van der Waals surface area contributed by atoms with Crippen molar-refractivity contribution in [1.82, 2.24) is 9.55 Å². The molecule has 18 heavy (non-hydrogen) atoms. The van der Waals surface area contributed by atoms with Crippen LogP contribution < -0.4 is 0 Å². The van der Waals surface area contributed by atoms with Crippen molar-refractivity contribution in [3.63, 3.8) is 0 Å². The average molecular weight is 236 g/mol. The van der Waals surface area contributed by atoms with Crippen LogP contribution in [0.25, 0.3) is 16.9 Å². The molecule has 0 aliphatic heterocycles. The molecule has 88 valence electrons. The fourth-order valence-corrected chi connectivity index (χ4v) is 1.89. The highest BCUT2D eigenvalue weighted by Gasteiger charge is 2.06. The van der Waals surface area contributed by atoms with Gasteiger partial charge < -0.3 is 9.67 Å². The number of aromatic hydroxyl groups is 1. The summed E-state index contributed by atoms with van der Waals surface area (Å²) in [7, 11) is 0. The van der Waals surface area contributed by atoms with E-state index in [1.54, 1.807) is 18.5 Å². The van der Waals surface area contributed by atoms with Gasteiger partial charge in [-0.25, -0.2) is 4.98 Å². The van der Waals surface area contributed by atoms with E-state index in [4.69, 9.17) is 0 Å². The van der Waals surface area contributed by atoms with Crippen molar-refractivity contribution in [2.24, 2.45) is 0 Å². The number of benzene rings is 2. The Kier molecular flexibility index (Phi) is 2.57. The second-order valence-corrected chi connectivity index (χ2v) is 4.02. The summed E-state index contributed by atoms with van der Waals surface area (Å²) in [6, 6.07) is 17.2. The molecule has 0 unspecified atom stereocenters. The van der Waals surface area contributed by atoms with Crippen molar-refractivity contribution >= 4 is 0 Å². The summed E-state index contributed by atoms with van der Waals surface area (Å²) in [6.45, 7) is 0. The zero-order valence-corrected chi connectivity index (χ0v) is 9.69. The molecule has 3 rings (SSSR count). The van der Waals surface area contributed by atoms with Gasteiger partial charge in [-0.1, -0.05) is 30.3 Å². The monoisotopic (exact) mass is 236 g/mol. The van der Waals surface area contributed by atoms with E-state index in [0.29, 0.717) is 0 Å². The second kappa shape index (κ2) is 4.37. The Morgan fingerprint density at radius 3 is 2.39 bits per heavy atom. The normalized spacial score (nSPS) is 10.4. The van der Waals surface area contributed by atoms with Gasteiger partial charge in [-0.15, -0.1) is 0 Å². The maximum Gasteiger partial charge on any atom is 0.125 e. The van der Waals surface area contributed by atoms with Gasteiger partial charge in [0.1, 0.15) is 5.75 Å². The highest BCUT2D eigenvalue weighted by molar-refractivity contribution is 5.66. The zero-order valence-electron chi connectivity index (χ0n) is 9.69. The number of rotatable bonds is 2. The lowest BCUT2D eigenvalue weighted by Crippen LogP contribution is -1.87. The van der Waals surface area contributed by atoms with E-state index >= 15 is 0 Å². The minimum atomic E-state index is 0.246. The van der Waals surface area contributed by atoms with Crippen LogP contribution in [0.15, 0.2) is 67.1 Å². The molecule has 0 saturated heterocycles. The van der Waals surface area contributed by atoms with Crippen molar-refractivity contribution in [2.45, 2.75) is 0 Å². The standard InChI is InChI=1S/C15H12N2O/c18-15-9-5-4-8-13(15)14-10-17(11-16-14)12-6-2-1-3-7-12/h1-11,18H. The van der Waals surface area contributed by atoms with E-state index in [1.165, 1.54) is 0 Å². The smallest absolute Gasteiger partial charge is 0.125 e. The molecule has 1 aromatic heterocycles.